The Bertz CT molecular complexity index is 776. The lowest BCUT2D eigenvalue weighted by Gasteiger charge is -2.15. The van der Waals surface area contributed by atoms with Gasteiger partial charge in [-0.25, -0.2) is 0 Å². The molecule has 2 aromatic rings. The van der Waals surface area contributed by atoms with Gasteiger partial charge in [-0.2, -0.15) is 26.3 Å². The predicted octanol–water partition coefficient (Wildman–Crippen LogP) is 4.37. The highest BCUT2D eigenvalue weighted by Crippen LogP contribution is 2.37. The number of anilines is 1. The molecule has 0 bridgehead atoms. The number of hydrogen-bond donors (Lipinski definition) is 1. The van der Waals surface area contributed by atoms with Crippen molar-refractivity contribution in [1.82, 2.24) is 4.57 Å². The molecule has 1 aromatic heterocycles. The van der Waals surface area contributed by atoms with E-state index in [0.717, 1.165) is 0 Å². The average Bonchev–Trinajstić information content (AvgIpc) is 2.98. The molecule has 1 amide bonds. The van der Waals surface area contributed by atoms with E-state index >= 15 is 0 Å². The van der Waals surface area contributed by atoms with Crippen molar-refractivity contribution in [2.24, 2.45) is 0 Å². The summed E-state index contributed by atoms with van der Waals surface area (Å²) >= 11 is 0. The number of carbonyl (C=O) groups is 2. The summed E-state index contributed by atoms with van der Waals surface area (Å²) in [5.41, 5.74) is -3.36. The van der Waals surface area contributed by atoms with Crippen molar-refractivity contribution in [3.05, 3.63) is 53.3 Å². The maximum atomic E-state index is 12.8. The minimum Gasteiger partial charge on any atom is -0.345 e. The number of aldehydes is 1. The highest BCUT2D eigenvalue weighted by atomic mass is 19.4. The van der Waals surface area contributed by atoms with E-state index < -0.39 is 35.1 Å². The molecule has 0 radical (unpaired) electrons. The quantitative estimate of drug-likeness (QED) is 0.621. The Kier molecular flexibility index (Phi) is 5.43. The molecule has 0 spiro atoms. The van der Waals surface area contributed by atoms with Crippen LogP contribution >= 0.6 is 0 Å². The predicted molar refractivity (Wildman–Crippen MR) is 79.5 cm³/mol. The van der Waals surface area contributed by atoms with Crippen molar-refractivity contribution < 1.29 is 35.9 Å². The van der Waals surface area contributed by atoms with Crippen molar-refractivity contribution >= 4 is 17.9 Å². The first-order valence-electron chi connectivity index (χ1n) is 7.20. The van der Waals surface area contributed by atoms with Crippen LogP contribution in [0.25, 0.3) is 0 Å². The zero-order valence-electron chi connectivity index (χ0n) is 13.0. The zero-order chi connectivity index (χ0) is 19.5. The average molecular weight is 378 g/mol. The van der Waals surface area contributed by atoms with Crippen LogP contribution in [0.5, 0.6) is 0 Å². The van der Waals surface area contributed by atoms with Gasteiger partial charge in [0.05, 0.1) is 16.8 Å². The second-order valence-corrected chi connectivity index (χ2v) is 5.34. The van der Waals surface area contributed by atoms with Crippen LogP contribution in [-0.4, -0.2) is 16.8 Å². The summed E-state index contributed by atoms with van der Waals surface area (Å²) < 4.78 is 78.1. The number of alkyl halides is 6. The molecule has 0 aliphatic carbocycles. The van der Waals surface area contributed by atoms with E-state index in [0.29, 0.717) is 18.4 Å². The number of amides is 1. The normalized spacial score (nSPS) is 12.1. The highest BCUT2D eigenvalue weighted by molar-refractivity contribution is 5.91. The van der Waals surface area contributed by atoms with Gasteiger partial charge in [-0.3, -0.25) is 9.59 Å². The van der Waals surface area contributed by atoms with Gasteiger partial charge < -0.3 is 9.88 Å². The molecule has 1 heterocycles. The molecule has 10 heteroatoms. The Hall–Kier alpha value is -2.78. The molecule has 0 saturated heterocycles. The van der Waals surface area contributed by atoms with Gasteiger partial charge in [0.25, 0.3) is 0 Å². The second kappa shape index (κ2) is 7.22. The van der Waals surface area contributed by atoms with E-state index in [4.69, 9.17) is 0 Å². The number of aryl methyl sites for hydroxylation is 1. The van der Waals surface area contributed by atoms with Gasteiger partial charge in [-0.15, -0.1) is 0 Å². The van der Waals surface area contributed by atoms with E-state index in [1.807, 2.05) is 5.32 Å². The fourth-order valence-corrected chi connectivity index (χ4v) is 2.21. The lowest BCUT2D eigenvalue weighted by atomic mass is 10.1. The standard InChI is InChI=1S/C16H12F6N2O2/c17-15(18,19)10-6-11(16(20,21)22)8-12(7-10)23-14(26)3-5-24-4-1-2-13(24)9-25/h1-2,4,6-9H,3,5H2,(H,23,26). The van der Waals surface area contributed by atoms with E-state index in [-0.39, 0.29) is 24.7 Å². The van der Waals surface area contributed by atoms with E-state index in [1.54, 1.807) is 6.07 Å². The first kappa shape index (κ1) is 19.5. The summed E-state index contributed by atoms with van der Waals surface area (Å²) in [4.78, 5) is 22.6. The minimum atomic E-state index is -5.00. The number of carbonyl (C=O) groups excluding carboxylic acids is 2. The van der Waals surface area contributed by atoms with Crippen LogP contribution in [0.4, 0.5) is 32.0 Å². The lowest BCUT2D eigenvalue weighted by molar-refractivity contribution is -0.143. The maximum Gasteiger partial charge on any atom is 0.416 e. The van der Waals surface area contributed by atoms with E-state index in [9.17, 15) is 35.9 Å². The topological polar surface area (TPSA) is 51.1 Å². The Morgan fingerprint density at radius 1 is 1.04 bits per heavy atom. The first-order valence-corrected chi connectivity index (χ1v) is 7.20. The summed E-state index contributed by atoms with van der Waals surface area (Å²) in [7, 11) is 0. The summed E-state index contributed by atoms with van der Waals surface area (Å²) in [6.45, 7) is 0.0397. The summed E-state index contributed by atoms with van der Waals surface area (Å²) in [6.07, 6.45) is -8.16. The number of halogens is 6. The molecular formula is C16H12F6N2O2. The van der Waals surface area contributed by atoms with Gasteiger partial charge >= 0.3 is 12.4 Å². The number of rotatable bonds is 5. The summed E-state index contributed by atoms with van der Waals surface area (Å²) in [5, 5.41) is 2.03. The SMILES string of the molecule is O=Cc1cccn1CCC(=O)Nc1cc(C(F)(F)F)cc(C(F)(F)F)c1. The van der Waals surface area contributed by atoms with Crippen LogP contribution in [-0.2, 0) is 23.7 Å². The summed E-state index contributed by atoms with van der Waals surface area (Å²) in [5.74, 6) is -0.789. The van der Waals surface area contributed by atoms with Crippen LogP contribution < -0.4 is 5.32 Å². The van der Waals surface area contributed by atoms with Gasteiger partial charge in [0.1, 0.15) is 0 Å². The molecule has 0 fully saturated rings. The van der Waals surface area contributed by atoms with Crippen molar-refractivity contribution in [2.75, 3.05) is 5.32 Å². The minimum absolute atomic E-state index is 0.0220. The van der Waals surface area contributed by atoms with Gasteiger partial charge in [-0.1, -0.05) is 0 Å². The zero-order valence-corrected chi connectivity index (χ0v) is 13.0. The number of hydrogen-bond acceptors (Lipinski definition) is 2. The Balaban J connectivity index is 2.17. The molecule has 0 atom stereocenters. The number of benzene rings is 1. The van der Waals surface area contributed by atoms with Crippen LogP contribution in [0.15, 0.2) is 36.5 Å². The Morgan fingerprint density at radius 3 is 2.12 bits per heavy atom. The molecule has 4 nitrogen and oxygen atoms in total. The van der Waals surface area contributed by atoms with Crippen LogP contribution in [0.3, 0.4) is 0 Å². The van der Waals surface area contributed by atoms with Gasteiger partial charge in [0.2, 0.25) is 5.91 Å². The molecular weight excluding hydrogens is 366 g/mol. The fourth-order valence-electron chi connectivity index (χ4n) is 2.21. The third-order valence-electron chi connectivity index (χ3n) is 3.44. The Morgan fingerprint density at radius 2 is 1.62 bits per heavy atom. The van der Waals surface area contributed by atoms with Gasteiger partial charge in [-0.05, 0) is 30.3 Å². The molecule has 140 valence electrons. The third kappa shape index (κ3) is 4.87. The largest absolute Gasteiger partial charge is 0.416 e. The fraction of sp³-hybridized carbons (Fsp3) is 0.250. The molecule has 0 saturated carbocycles. The maximum absolute atomic E-state index is 12.8. The molecule has 1 N–H and O–H groups in total. The monoisotopic (exact) mass is 378 g/mol. The van der Waals surface area contributed by atoms with Crippen molar-refractivity contribution in [2.45, 2.75) is 25.3 Å². The summed E-state index contributed by atoms with van der Waals surface area (Å²) in [6, 6.07) is 3.89. The van der Waals surface area contributed by atoms with Crippen LogP contribution in [0, 0.1) is 0 Å². The lowest BCUT2D eigenvalue weighted by Crippen LogP contribution is -2.17. The third-order valence-corrected chi connectivity index (χ3v) is 3.44. The van der Waals surface area contributed by atoms with E-state index in [2.05, 4.69) is 0 Å². The smallest absolute Gasteiger partial charge is 0.345 e. The van der Waals surface area contributed by atoms with Gasteiger partial charge in [0.15, 0.2) is 6.29 Å². The Labute approximate surface area is 143 Å². The molecule has 1 aromatic carbocycles. The molecule has 26 heavy (non-hydrogen) atoms. The van der Waals surface area contributed by atoms with Crippen molar-refractivity contribution in [3.8, 4) is 0 Å². The first-order chi connectivity index (χ1) is 12.0. The van der Waals surface area contributed by atoms with Crippen LogP contribution in [0.1, 0.15) is 28.0 Å². The number of nitrogens with one attached hydrogen (secondary N) is 1. The molecule has 0 unspecified atom stereocenters. The molecule has 0 aliphatic rings. The van der Waals surface area contributed by atoms with Crippen molar-refractivity contribution in [1.29, 1.82) is 0 Å². The number of nitrogens with zero attached hydrogens (tertiary/aromatic N) is 1. The highest BCUT2D eigenvalue weighted by Gasteiger charge is 2.37. The van der Waals surface area contributed by atoms with Crippen molar-refractivity contribution in [3.63, 3.8) is 0 Å². The second-order valence-electron chi connectivity index (χ2n) is 5.34. The molecule has 2 rings (SSSR count). The number of aromatic nitrogens is 1. The van der Waals surface area contributed by atoms with Gasteiger partial charge in [0, 0.05) is 24.8 Å². The van der Waals surface area contributed by atoms with E-state index in [1.165, 1.54) is 16.8 Å². The van der Waals surface area contributed by atoms with Crippen LogP contribution in [0.2, 0.25) is 0 Å². The molecule has 0 aliphatic heterocycles.